The van der Waals surface area contributed by atoms with Crippen molar-refractivity contribution >= 4 is 28.3 Å². The lowest BCUT2D eigenvalue weighted by Crippen LogP contribution is -2.34. The zero-order valence-corrected chi connectivity index (χ0v) is 20.3. The van der Waals surface area contributed by atoms with E-state index in [0.717, 1.165) is 44.9 Å². The molecule has 0 saturated heterocycles. The van der Waals surface area contributed by atoms with Gasteiger partial charge < -0.3 is 25.3 Å². The van der Waals surface area contributed by atoms with Gasteiger partial charge in [0.15, 0.2) is 0 Å². The number of rotatable bonds is 7. The molecule has 4 aromatic rings. The minimum atomic E-state index is -0.253. The van der Waals surface area contributed by atoms with Gasteiger partial charge in [-0.25, -0.2) is 9.97 Å². The summed E-state index contributed by atoms with van der Waals surface area (Å²) in [5.41, 5.74) is 10.6. The minimum Gasteiger partial charge on any atom is -0.457 e. The van der Waals surface area contributed by atoms with Crippen LogP contribution in [0.4, 0.5) is 5.82 Å². The van der Waals surface area contributed by atoms with Gasteiger partial charge in [-0.1, -0.05) is 43.0 Å². The van der Waals surface area contributed by atoms with Crippen molar-refractivity contribution in [1.82, 2.24) is 24.8 Å². The average molecular weight is 481 g/mol. The highest BCUT2D eigenvalue weighted by molar-refractivity contribution is 6.07. The number of hydrogen-bond donors (Lipinski definition) is 2. The van der Waals surface area contributed by atoms with Crippen molar-refractivity contribution in [1.29, 1.82) is 0 Å². The Hall–Kier alpha value is -4.43. The third kappa shape index (κ3) is 4.46. The van der Waals surface area contributed by atoms with Gasteiger partial charge in [-0.2, -0.15) is 0 Å². The fourth-order valence-electron chi connectivity index (χ4n) is 4.48. The predicted molar refractivity (Wildman–Crippen MR) is 143 cm³/mol. The third-order valence-electron chi connectivity index (χ3n) is 6.14. The van der Waals surface area contributed by atoms with E-state index in [4.69, 9.17) is 10.5 Å². The molecule has 1 atom stereocenters. The number of nitrogens with zero attached hydrogens (tertiary/aromatic N) is 4. The van der Waals surface area contributed by atoms with Crippen molar-refractivity contribution in [2.75, 3.05) is 26.4 Å². The topological polar surface area (TPSA) is 98.3 Å². The number of hydrogen-bond acceptors (Lipinski definition) is 6. The van der Waals surface area contributed by atoms with E-state index in [9.17, 15) is 4.79 Å². The first-order chi connectivity index (χ1) is 17.4. The molecule has 8 heteroatoms. The molecule has 1 unspecified atom stereocenters. The highest BCUT2D eigenvalue weighted by atomic mass is 16.5. The summed E-state index contributed by atoms with van der Waals surface area (Å²) in [7, 11) is 3.91. The summed E-state index contributed by atoms with van der Waals surface area (Å²) in [4.78, 5) is 23.3. The van der Waals surface area contributed by atoms with Crippen LogP contribution in [0.25, 0.3) is 27.7 Å². The number of amides is 1. The maximum absolute atomic E-state index is 12.5. The van der Waals surface area contributed by atoms with Gasteiger partial charge in [0, 0.05) is 24.7 Å². The molecule has 1 aliphatic heterocycles. The number of aromatic nitrogens is 3. The number of likely N-dealkylation sites (N-methyl/N-ethyl adjacent to an activating group) is 1. The van der Waals surface area contributed by atoms with Crippen molar-refractivity contribution in [3.05, 3.63) is 85.3 Å². The Morgan fingerprint density at radius 3 is 2.61 bits per heavy atom. The van der Waals surface area contributed by atoms with Crippen molar-refractivity contribution in [2.45, 2.75) is 12.6 Å². The maximum Gasteiger partial charge on any atom is 0.244 e. The van der Waals surface area contributed by atoms with Gasteiger partial charge in [-0.05, 0) is 49.5 Å². The van der Waals surface area contributed by atoms with Gasteiger partial charge in [0.25, 0.3) is 0 Å². The van der Waals surface area contributed by atoms with Crippen molar-refractivity contribution in [3.8, 4) is 22.6 Å². The standard InChI is InChI=1S/C28H28N6O2/c1-18-22(32-23(35)10-7-15-33(2)3)16-34-26(18)24(25-27(29)30-17-31-28(25)34)19-11-13-21(14-12-19)36-20-8-5-4-6-9-20/h4-14,17,22H,1,15-16H2,2-3H3,(H,32,35)(H2,29,30,31)/b10-7+. The summed E-state index contributed by atoms with van der Waals surface area (Å²) in [6.07, 6.45) is 4.86. The van der Waals surface area contributed by atoms with Gasteiger partial charge in [0.05, 0.1) is 17.1 Å². The van der Waals surface area contributed by atoms with Crippen LogP contribution in [0, 0.1) is 0 Å². The number of nitrogens with one attached hydrogen (secondary N) is 1. The van der Waals surface area contributed by atoms with E-state index < -0.39 is 0 Å². The van der Waals surface area contributed by atoms with Gasteiger partial charge >= 0.3 is 0 Å². The quantitative estimate of drug-likeness (QED) is 0.387. The zero-order valence-electron chi connectivity index (χ0n) is 20.3. The first-order valence-corrected chi connectivity index (χ1v) is 11.7. The first-order valence-electron chi connectivity index (χ1n) is 11.7. The van der Waals surface area contributed by atoms with Gasteiger partial charge in [0.1, 0.15) is 29.3 Å². The van der Waals surface area contributed by atoms with E-state index in [2.05, 4.69) is 26.4 Å². The Morgan fingerprint density at radius 2 is 1.89 bits per heavy atom. The van der Waals surface area contributed by atoms with E-state index >= 15 is 0 Å². The van der Waals surface area contributed by atoms with Crippen LogP contribution in [0.1, 0.15) is 5.69 Å². The molecule has 0 bridgehead atoms. The number of ether oxygens (including phenoxy) is 1. The first kappa shape index (κ1) is 23.3. The van der Waals surface area contributed by atoms with E-state index in [1.807, 2.05) is 79.7 Å². The molecule has 1 aliphatic rings. The summed E-state index contributed by atoms with van der Waals surface area (Å²) in [6.45, 7) is 5.55. The lowest BCUT2D eigenvalue weighted by atomic mass is 9.97. The summed E-state index contributed by atoms with van der Waals surface area (Å²) in [5.74, 6) is 1.74. The summed E-state index contributed by atoms with van der Waals surface area (Å²) in [6, 6.07) is 17.2. The van der Waals surface area contributed by atoms with Gasteiger partial charge in [0.2, 0.25) is 5.91 Å². The second-order valence-corrected chi connectivity index (χ2v) is 8.98. The number of carbonyl (C=O) groups is 1. The Kier molecular flexibility index (Phi) is 6.26. The number of benzene rings is 2. The Balaban J connectivity index is 1.48. The number of nitrogen functional groups attached to an aromatic ring is 1. The van der Waals surface area contributed by atoms with Crippen LogP contribution in [0.2, 0.25) is 0 Å². The van der Waals surface area contributed by atoms with Gasteiger partial charge in [-0.3, -0.25) is 4.79 Å². The Labute approximate surface area is 209 Å². The average Bonchev–Trinajstić information content (AvgIpc) is 3.35. The monoisotopic (exact) mass is 480 g/mol. The molecule has 8 nitrogen and oxygen atoms in total. The molecule has 0 fully saturated rings. The van der Waals surface area contributed by atoms with Crippen LogP contribution < -0.4 is 15.8 Å². The second-order valence-electron chi connectivity index (χ2n) is 8.98. The van der Waals surface area contributed by atoms with Crippen LogP contribution >= 0.6 is 0 Å². The van der Waals surface area contributed by atoms with Gasteiger partial charge in [-0.15, -0.1) is 0 Å². The SMILES string of the molecule is C=C1c2c(-c3ccc(Oc4ccccc4)cc3)c3c(N)ncnc3n2CC1NC(=O)/C=C/CN(C)C. The molecule has 2 aromatic carbocycles. The lowest BCUT2D eigenvalue weighted by molar-refractivity contribution is -0.116. The third-order valence-corrected chi connectivity index (χ3v) is 6.14. The fourth-order valence-corrected chi connectivity index (χ4v) is 4.48. The number of para-hydroxylation sites is 1. The normalized spacial score (nSPS) is 15.1. The van der Waals surface area contributed by atoms with E-state index in [1.54, 1.807) is 6.08 Å². The minimum absolute atomic E-state index is 0.156. The van der Waals surface area contributed by atoms with Crippen LogP contribution in [0.5, 0.6) is 11.5 Å². The summed E-state index contributed by atoms with van der Waals surface area (Å²) >= 11 is 0. The largest absolute Gasteiger partial charge is 0.457 e. The fraction of sp³-hybridized carbons (Fsp3) is 0.179. The molecule has 0 saturated carbocycles. The van der Waals surface area contributed by atoms with Crippen LogP contribution in [-0.4, -0.2) is 52.0 Å². The second kappa shape index (κ2) is 9.67. The molecule has 0 spiro atoms. The lowest BCUT2D eigenvalue weighted by Gasteiger charge is -2.14. The van der Waals surface area contributed by atoms with Crippen molar-refractivity contribution in [3.63, 3.8) is 0 Å². The smallest absolute Gasteiger partial charge is 0.244 e. The molecule has 3 N–H and O–H groups in total. The predicted octanol–water partition coefficient (Wildman–Crippen LogP) is 4.10. The number of anilines is 1. The van der Waals surface area contributed by atoms with Crippen molar-refractivity contribution in [2.24, 2.45) is 0 Å². The molecule has 36 heavy (non-hydrogen) atoms. The van der Waals surface area contributed by atoms with Crippen LogP contribution in [-0.2, 0) is 11.3 Å². The van der Waals surface area contributed by atoms with Crippen molar-refractivity contribution < 1.29 is 9.53 Å². The maximum atomic E-state index is 12.5. The molecule has 0 aliphatic carbocycles. The molecule has 1 amide bonds. The number of carbonyl (C=O) groups excluding carboxylic acids is 1. The number of fused-ring (bicyclic) bond motifs is 3. The highest BCUT2D eigenvalue weighted by Crippen LogP contribution is 2.44. The Morgan fingerprint density at radius 1 is 1.17 bits per heavy atom. The highest BCUT2D eigenvalue weighted by Gasteiger charge is 2.34. The molecule has 3 heterocycles. The van der Waals surface area contributed by atoms with Crippen LogP contribution in [0.15, 0.2) is 79.7 Å². The molecular weight excluding hydrogens is 452 g/mol. The van der Waals surface area contributed by atoms with E-state index in [1.165, 1.54) is 6.33 Å². The zero-order chi connectivity index (χ0) is 25.2. The Bertz CT molecular complexity index is 1460. The van der Waals surface area contributed by atoms with Crippen LogP contribution in [0.3, 0.4) is 0 Å². The molecule has 0 radical (unpaired) electrons. The number of nitrogens with two attached hydrogens (primary N) is 1. The summed E-state index contributed by atoms with van der Waals surface area (Å²) < 4.78 is 8.02. The molecule has 5 rings (SSSR count). The van der Waals surface area contributed by atoms with E-state index in [0.29, 0.717) is 18.9 Å². The van der Waals surface area contributed by atoms with E-state index in [-0.39, 0.29) is 11.9 Å². The molecule has 2 aromatic heterocycles. The summed E-state index contributed by atoms with van der Waals surface area (Å²) in [5, 5.41) is 3.85. The molecule has 182 valence electrons. The molecular formula is C28H28N6O2.